The minimum absolute atomic E-state index is 0. The van der Waals surface area contributed by atoms with Crippen molar-refractivity contribution in [2.75, 3.05) is 0 Å². The van der Waals surface area contributed by atoms with Gasteiger partial charge in [-0.3, -0.25) is 0 Å². The van der Waals surface area contributed by atoms with Crippen molar-refractivity contribution in [3.05, 3.63) is 0 Å². The molecule has 0 atom stereocenters. The third-order valence-corrected chi connectivity index (χ3v) is 0. The minimum Gasteiger partial charge on any atom is 0 e. The number of hydrogen-bond donors (Lipinski definition) is 0. The Morgan fingerprint density at radius 3 is 0.571 bits per heavy atom. The van der Waals surface area contributed by atoms with Crippen LogP contribution in [0.25, 0.3) is 0 Å². The Morgan fingerprint density at radius 2 is 0.571 bits per heavy atom. The van der Waals surface area contributed by atoms with Gasteiger partial charge in [0.2, 0.25) is 0 Å². The number of hydrogen-bond acceptors (Lipinski definition) is 0. The second kappa shape index (κ2) is 99.8. The van der Waals surface area contributed by atoms with E-state index in [1.807, 2.05) is 0 Å². The molecule has 0 aromatic carbocycles. The van der Waals surface area contributed by atoms with E-state index in [2.05, 4.69) is 0 Å². The van der Waals surface area contributed by atoms with Crippen molar-refractivity contribution in [1.29, 1.82) is 0 Å². The molecule has 0 saturated carbocycles. The van der Waals surface area contributed by atoms with Gasteiger partial charge in [-0.15, -0.1) is 0 Å². The SMILES string of the molecule is O.O.O.O.[Ni].[PbH2].[Ti]. The summed E-state index contributed by atoms with van der Waals surface area (Å²) in [6.07, 6.45) is 0. The van der Waals surface area contributed by atoms with Gasteiger partial charge in [-0.05, 0) is 0 Å². The molecule has 7 heteroatoms. The number of rotatable bonds is 0. The Morgan fingerprint density at radius 1 is 0.571 bits per heavy atom. The molecular weight excluding hydrogens is 378 g/mol. The van der Waals surface area contributed by atoms with E-state index in [-0.39, 0.29) is 87.4 Å². The van der Waals surface area contributed by atoms with E-state index in [1.165, 1.54) is 0 Å². The molecule has 4 nitrogen and oxygen atoms in total. The van der Waals surface area contributed by atoms with Crippen molar-refractivity contribution in [2.24, 2.45) is 0 Å². The fourth-order valence-electron chi connectivity index (χ4n) is 0. The molecule has 0 heterocycles. The average molecular weight is 388 g/mol. The first-order chi connectivity index (χ1) is 0. The van der Waals surface area contributed by atoms with Crippen LogP contribution in [0.4, 0.5) is 0 Å². The van der Waals surface area contributed by atoms with Gasteiger partial charge >= 0.3 is 27.3 Å². The monoisotopic (exact) mass is 388 g/mol. The van der Waals surface area contributed by atoms with Crippen molar-refractivity contribution in [1.82, 2.24) is 0 Å². The van der Waals surface area contributed by atoms with Crippen LogP contribution in [0, 0.1) is 0 Å². The van der Waals surface area contributed by atoms with E-state index in [0.29, 0.717) is 0 Å². The van der Waals surface area contributed by atoms with E-state index in [0.717, 1.165) is 0 Å². The quantitative estimate of drug-likeness (QED) is 0.373. The van der Waals surface area contributed by atoms with E-state index >= 15 is 0 Å². The first kappa shape index (κ1) is 147. The van der Waals surface area contributed by atoms with E-state index in [1.54, 1.807) is 0 Å². The predicted molar refractivity (Wildman–Crippen MR) is 23.0 cm³/mol. The van der Waals surface area contributed by atoms with Crippen LogP contribution in [0.5, 0.6) is 0 Å². The largest absolute Gasteiger partial charge is 0 e. The zero-order chi connectivity index (χ0) is 0. The Balaban J connectivity index is 0. The van der Waals surface area contributed by atoms with Crippen molar-refractivity contribution >= 4 is 27.3 Å². The summed E-state index contributed by atoms with van der Waals surface area (Å²) in [5.41, 5.74) is 0. The van der Waals surface area contributed by atoms with Gasteiger partial charge in [0.15, 0.2) is 0 Å². The van der Waals surface area contributed by atoms with Crippen molar-refractivity contribution in [3.63, 3.8) is 0 Å². The molecule has 7 heavy (non-hydrogen) atoms. The second-order valence-corrected chi connectivity index (χ2v) is 0. The third kappa shape index (κ3) is 73.2. The average Bonchev–Trinajstić information content (AvgIpc) is 0. The molecule has 0 aliphatic rings. The fourth-order valence-corrected chi connectivity index (χ4v) is 0. The summed E-state index contributed by atoms with van der Waals surface area (Å²) >= 11 is 0. The van der Waals surface area contributed by atoms with Gasteiger partial charge in [-0.1, -0.05) is 0 Å². The van der Waals surface area contributed by atoms with Crippen LogP contribution >= 0.6 is 0 Å². The standard InChI is InChI=1S/Ni.4H2O.Pb.Ti.2H/h;4*1H2;;;;. The Labute approximate surface area is 86.6 Å². The summed E-state index contributed by atoms with van der Waals surface area (Å²) in [5.74, 6) is 0. The molecule has 0 fully saturated rings. The Hall–Kier alpha value is 1.97. The fraction of sp³-hybridized carbons (Fsp3) is 0. The third-order valence-electron chi connectivity index (χ3n) is 0. The van der Waals surface area contributed by atoms with E-state index in [4.69, 9.17) is 0 Å². The molecule has 0 rings (SSSR count). The van der Waals surface area contributed by atoms with Gasteiger partial charge in [0.25, 0.3) is 0 Å². The summed E-state index contributed by atoms with van der Waals surface area (Å²) in [7, 11) is 0. The summed E-state index contributed by atoms with van der Waals surface area (Å²) < 4.78 is 0. The summed E-state index contributed by atoms with van der Waals surface area (Å²) in [6, 6.07) is 0. The molecule has 0 aromatic rings. The molecular formula is H10NiO4PbTi. The molecule has 2 radical (unpaired) electrons. The van der Waals surface area contributed by atoms with Crippen LogP contribution < -0.4 is 0 Å². The molecule has 0 amide bonds. The molecule has 0 aromatic heterocycles. The molecule has 8 N–H and O–H groups in total. The maximum Gasteiger partial charge on any atom is 0 e. The zero-order valence-electron chi connectivity index (χ0n) is 3.52. The first-order valence-corrected chi connectivity index (χ1v) is 0. The molecule has 0 saturated heterocycles. The van der Waals surface area contributed by atoms with Crippen LogP contribution in [0.2, 0.25) is 0 Å². The Kier molecular flexibility index (Phi) is 2090. The van der Waals surface area contributed by atoms with E-state index < -0.39 is 0 Å². The van der Waals surface area contributed by atoms with Crippen LogP contribution in [0.15, 0.2) is 0 Å². The molecule has 0 unspecified atom stereocenters. The summed E-state index contributed by atoms with van der Waals surface area (Å²) in [6.45, 7) is 0. The topological polar surface area (TPSA) is 126 Å². The second-order valence-electron chi connectivity index (χ2n) is 0. The van der Waals surface area contributed by atoms with Gasteiger partial charge in [0.05, 0.1) is 0 Å². The van der Waals surface area contributed by atoms with Gasteiger partial charge in [0.1, 0.15) is 0 Å². The van der Waals surface area contributed by atoms with Crippen LogP contribution in [0.3, 0.4) is 0 Å². The summed E-state index contributed by atoms with van der Waals surface area (Å²) in [4.78, 5) is 0. The Bertz CT molecular complexity index is 11.7. The predicted octanol–water partition coefficient (Wildman–Crippen LogP) is -4.22. The van der Waals surface area contributed by atoms with Crippen molar-refractivity contribution in [3.8, 4) is 0 Å². The van der Waals surface area contributed by atoms with Crippen molar-refractivity contribution < 1.29 is 60.1 Å². The van der Waals surface area contributed by atoms with Gasteiger partial charge in [-0.2, -0.15) is 0 Å². The summed E-state index contributed by atoms with van der Waals surface area (Å²) in [5, 5.41) is 0. The van der Waals surface area contributed by atoms with Crippen molar-refractivity contribution in [2.45, 2.75) is 0 Å². The maximum atomic E-state index is 0. The molecule has 0 aliphatic heterocycles. The molecule has 0 bridgehead atoms. The maximum absolute atomic E-state index is 0. The molecule has 0 spiro atoms. The normalized spacial score (nSPS) is 0. The minimum atomic E-state index is 0. The molecule has 0 aliphatic carbocycles. The zero-order valence-corrected chi connectivity index (χ0v) is 11.6. The van der Waals surface area contributed by atoms with Gasteiger partial charge in [-0.25, -0.2) is 0 Å². The van der Waals surface area contributed by atoms with E-state index in [9.17, 15) is 0 Å². The van der Waals surface area contributed by atoms with Crippen LogP contribution in [0.1, 0.15) is 0 Å². The first-order valence-electron chi connectivity index (χ1n) is 0. The molecule has 52 valence electrons. The van der Waals surface area contributed by atoms with Crippen LogP contribution in [-0.2, 0) is 38.2 Å². The van der Waals surface area contributed by atoms with Crippen LogP contribution in [-0.4, -0.2) is 49.2 Å². The smallest absolute Gasteiger partial charge is 0 e. The van der Waals surface area contributed by atoms with Gasteiger partial charge < -0.3 is 21.9 Å². The van der Waals surface area contributed by atoms with Gasteiger partial charge in [0, 0.05) is 38.2 Å².